The number of hydrogen-bond acceptors (Lipinski definition) is 4. The Morgan fingerprint density at radius 1 is 1.42 bits per heavy atom. The highest BCUT2D eigenvalue weighted by Gasteiger charge is 2.52. The minimum Gasteiger partial charge on any atom is -0.348 e. The Hall–Kier alpha value is -2.38. The predicted octanol–water partition coefficient (Wildman–Crippen LogP) is 1.41. The van der Waals surface area contributed by atoms with Gasteiger partial charge in [0.25, 0.3) is 5.91 Å². The van der Waals surface area contributed by atoms with Gasteiger partial charge in [-0.1, -0.05) is 6.92 Å². The number of carbonyl (C=O) groups is 3. The molecule has 1 aliphatic heterocycles. The molecule has 8 nitrogen and oxygen atoms in total. The smallest absolute Gasteiger partial charge is 0.325 e. The van der Waals surface area contributed by atoms with Crippen LogP contribution in [0.3, 0.4) is 0 Å². The summed E-state index contributed by atoms with van der Waals surface area (Å²) in [5, 5.41) is 9.86. The summed E-state index contributed by atoms with van der Waals surface area (Å²) >= 11 is 0. The van der Waals surface area contributed by atoms with Gasteiger partial charge in [0.2, 0.25) is 5.91 Å². The molecule has 2 aliphatic rings. The standard InChI is InChI=1S/C18H27N5O3/c1-11-5-7-18(8-6-11)16(25)23(17(26)21-18)10-15(24)20-12(2)14-9-19-22(4)13(14)3/h9,11-12H,5-8,10H2,1-4H3,(H,20,24)(H,21,26). The van der Waals surface area contributed by atoms with Crippen LogP contribution in [0.4, 0.5) is 4.79 Å². The molecule has 0 aromatic carbocycles. The predicted molar refractivity (Wildman–Crippen MR) is 95.1 cm³/mol. The molecule has 4 amide bonds. The fourth-order valence-corrected chi connectivity index (χ4v) is 3.86. The Morgan fingerprint density at radius 3 is 2.65 bits per heavy atom. The number of carbonyl (C=O) groups excluding carboxylic acids is 3. The minimum absolute atomic E-state index is 0.249. The maximum atomic E-state index is 12.8. The fourth-order valence-electron chi connectivity index (χ4n) is 3.86. The van der Waals surface area contributed by atoms with Gasteiger partial charge < -0.3 is 10.6 Å². The summed E-state index contributed by atoms with van der Waals surface area (Å²) in [5.74, 6) is -0.0634. The third-order valence-corrected chi connectivity index (χ3v) is 5.79. The lowest BCUT2D eigenvalue weighted by Crippen LogP contribution is -2.50. The molecule has 1 saturated carbocycles. The van der Waals surface area contributed by atoms with Gasteiger partial charge in [-0.15, -0.1) is 0 Å². The lowest BCUT2D eigenvalue weighted by Gasteiger charge is -2.33. The average molecular weight is 361 g/mol. The molecule has 1 saturated heterocycles. The largest absolute Gasteiger partial charge is 0.348 e. The number of nitrogens with zero attached hydrogens (tertiary/aromatic N) is 3. The summed E-state index contributed by atoms with van der Waals surface area (Å²) in [7, 11) is 1.84. The Labute approximate surface area is 153 Å². The van der Waals surface area contributed by atoms with Crippen molar-refractivity contribution < 1.29 is 14.4 Å². The number of imide groups is 1. The highest BCUT2D eigenvalue weighted by molar-refractivity contribution is 6.09. The number of amides is 4. The van der Waals surface area contributed by atoms with E-state index in [2.05, 4.69) is 22.7 Å². The zero-order chi connectivity index (χ0) is 19.1. The lowest BCUT2D eigenvalue weighted by molar-refractivity contribution is -0.136. The van der Waals surface area contributed by atoms with Crippen LogP contribution in [0.1, 0.15) is 56.8 Å². The number of aromatic nitrogens is 2. The van der Waals surface area contributed by atoms with Crippen LogP contribution in [-0.4, -0.2) is 44.6 Å². The first-order chi connectivity index (χ1) is 12.2. The molecule has 2 N–H and O–H groups in total. The SMILES string of the molecule is Cc1c(C(C)NC(=O)CN2C(=O)NC3(CCC(C)CC3)C2=O)cnn1C. The van der Waals surface area contributed by atoms with E-state index in [1.165, 1.54) is 0 Å². The van der Waals surface area contributed by atoms with Crippen molar-refractivity contribution in [1.29, 1.82) is 0 Å². The van der Waals surface area contributed by atoms with Crippen LogP contribution in [-0.2, 0) is 16.6 Å². The molecule has 26 heavy (non-hydrogen) atoms. The molecule has 1 spiro atoms. The average Bonchev–Trinajstić information content (AvgIpc) is 3.03. The summed E-state index contributed by atoms with van der Waals surface area (Å²) < 4.78 is 1.74. The van der Waals surface area contributed by atoms with Crippen molar-refractivity contribution in [3.63, 3.8) is 0 Å². The number of hydrogen-bond donors (Lipinski definition) is 2. The number of nitrogens with one attached hydrogen (secondary N) is 2. The third-order valence-electron chi connectivity index (χ3n) is 5.79. The summed E-state index contributed by atoms with van der Waals surface area (Å²) in [6, 6.07) is -0.716. The van der Waals surface area contributed by atoms with Crippen molar-refractivity contribution in [2.45, 2.75) is 58.0 Å². The van der Waals surface area contributed by atoms with Crippen molar-refractivity contribution in [3.05, 3.63) is 17.5 Å². The van der Waals surface area contributed by atoms with Crippen LogP contribution >= 0.6 is 0 Å². The van der Waals surface area contributed by atoms with Crippen LogP contribution in [0.5, 0.6) is 0 Å². The van der Waals surface area contributed by atoms with Gasteiger partial charge in [-0.05, 0) is 45.4 Å². The summed E-state index contributed by atoms with van der Waals surface area (Å²) in [6.07, 6.45) is 4.81. The van der Waals surface area contributed by atoms with Gasteiger partial charge in [0.05, 0.1) is 12.2 Å². The maximum absolute atomic E-state index is 12.8. The highest BCUT2D eigenvalue weighted by atomic mass is 16.2. The van der Waals surface area contributed by atoms with Crippen molar-refractivity contribution in [1.82, 2.24) is 25.3 Å². The minimum atomic E-state index is -0.810. The fraction of sp³-hybridized carbons (Fsp3) is 0.667. The first-order valence-electron chi connectivity index (χ1n) is 9.15. The van der Waals surface area contributed by atoms with E-state index < -0.39 is 11.6 Å². The third kappa shape index (κ3) is 3.20. The van der Waals surface area contributed by atoms with E-state index in [1.54, 1.807) is 10.9 Å². The van der Waals surface area contributed by atoms with Crippen molar-refractivity contribution >= 4 is 17.8 Å². The van der Waals surface area contributed by atoms with E-state index in [0.29, 0.717) is 18.8 Å². The van der Waals surface area contributed by atoms with Crippen LogP contribution in [0, 0.1) is 12.8 Å². The topological polar surface area (TPSA) is 96.3 Å². The molecule has 1 aromatic rings. The van der Waals surface area contributed by atoms with Gasteiger partial charge in [-0.3, -0.25) is 19.2 Å². The van der Waals surface area contributed by atoms with Crippen LogP contribution in [0.15, 0.2) is 6.20 Å². The van der Waals surface area contributed by atoms with Crippen molar-refractivity contribution in [2.24, 2.45) is 13.0 Å². The Kier molecular flexibility index (Phi) is 4.77. The van der Waals surface area contributed by atoms with Crippen LogP contribution < -0.4 is 10.6 Å². The van der Waals surface area contributed by atoms with Gasteiger partial charge in [0.15, 0.2) is 0 Å². The molecule has 0 radical (unpaired) electrons. The number of rotatable bonds is 4. The molecule has 2 fully saturated rings. The molecule has 1 aliphatic carbocycles. The molecule has 1 atom stereocenters. The van der Waals surface area contributed by atoms with E-state index in [0.717, 1.165) is 29.0 Å². The van der Waals surface area contributed by atoms with E-state index in [9.17, 15) is 14.4 Å². The monoisotopic (exact) mass is 361 g/mol. The number of aryl methyl sites for hydroxylation is 1. The van der Waals surface area contributed by atoms with Gasteiger partial charge in [-0.2, -0.15) is 5.10 Å². The molecule has 8 heteroatoms. The first kappa shape index (κ1) is 18.4. The Balaban J connectivity index is 1.63. The van der Waals surface area contributed by atoms with Gasteiger partial charge in [-0.25, -0.2) is 4.79 Å². The van der Waals surface area contributed by atoms with Crippen molar-refractivity contribution in [3.8, 4) is 0 Å². The Bertz CT molecular complexity index is 733. The lowest BCUT2D eigenvalue weighted by atomic mass is 9.77. The second-order valence-corrected chi connectivity index (χ2v) is 7.68. The molecule has 3 rings (SSSR count). The molecule has 2 heterocycles. The van der Waals surface area contributed by atoms with Crippen LogP contribution in [0.2, 0.25) is 0 Å². The van der Waals surface area contributed by atoms with Crippen molar-refractivity contribution in [2.75, 3.05) is 6.54 Å². The quantitative estimate of drug-likeness (QED) is 0.793. The summed E-state index contributed by atoms with van der Waals surface area (Å²) in [4.78, 5) is 38.5. The molecule has 0 bridgehead atoms. The summed E-state index contributed by atoms with van der Waals surface area (Å²) in [6.45, 7) is 5.68. The highest BCUT2D eigenvalue weighted by Crippen LogP contribution is 2.36. The van der Waals surface area contributed by atoms with Gasteiger partial charge in [0.1, 0.15) is 12.1 Å². The molecular formula is C18H27N5O3. The second kappa shape index (κ2) is 6.74. The zero-order valence-electron chi connectivity index (χ0n) is 15.8. The van der Waals surface area contributed by atoms with E-state index in [-0.39, 0.29) is 24.4 Å². The van der Waals surface area contributed by atoms with Crippen LogP contribution in [0.25, 0.3) is 0 Å². The number of urea groups is 1. The van der Waals surface area contributed by atoms with E-state index in [4.69, 9.17) is 0 Å². The first-order valence-corrected chi connectivity index (χ1v) is 9.15. The summed E-state index contributed by atoms with van der Waals surface area (Å²) in [5.41, 5.74) is 1.06. The molecular weight excluding hydrogens is 334 g/mol. The Morgan fingerprint density at radius 2 is 2.08 bits per heavy atom. The van der Waals surface area contributed by atoms with E-state index >= 15 is 0 Å². The van der Waals surface area contributed by atoms with Gasteiger partial charge in [0, 0.05) is 18.3 Å². The second-order valence-electron chi connectivity index (χ2n) is 7.68. The molecule has 1 unspecified atom stereocenters. The zero-order valence-corrected chi connectivity index (χ0v) is 15.8. The van der Waals surface area contributed by atoms with Gasteiger partial charge >= 0.3 is 6.03 Å². The van der Waals surface area contributed by atoms with E-state index in [1.807, 2.05) is 20.9 Å². The molecule has 142 valence electrons. The normalized spacial score (nSPS) is 26.9. The molecule has 1 aromatic heterocycles. The maximum Gasteiger partial charge on any atom is 0.325 e.